The summed E-state index contributed by atoms with van der Waals surface area (Å²) < 4.78 is 30.2. The quantitative estimate of drug-likeness (QED) is 0.161. The number of nitro groups is 1. The van der Waals surface area contributed by atoms with Crippen molar-refractivity contribution < 1.29 is 22.3 Å². The highest BCUT2D eigenvalue weighted by molar-refractivity contribution is 7.87. The lowest BCUT2D eigenvalue weighted by atomic mass is 10.1. The molecule has 0 bridgehead atoms. The summed E-state index contributed by atoms with van der Waals surface area (Å²) in [6.07, 6.45) is 1.23. The van der Waals surface area contributed by atoms with Gasteiger partial charge in [0.25, 0.3) is 11.6 Å². The van der Waals surface area contributed by atoms with Gasteiger partial charge in [0.15, 0.2) is 0 Å². The van der Waals surface area contributed by atoms with Gasteiger partial charge in [-0.2, -0.15) is 13.7 Å². The molecular weight excluding hydrogens is 482 g/mol. The van der Waals surface area contributed by atoms with Crippen molar-refractivity contribution in [1.29, 1.82) is 5.26 Å². The van der Waals surface area contributed by atoms with Crippen LogP contribution in [0.1, 0.15) is 11.1 Å². The first kappa shape index (κ1) is 24.4. The zero-order chi connectivity index (χ0) is 24.9. The van der Waals surface area contributed by atoms with Crippen LogP contribution in [0, 0.1) is 28.4 Å². The van der Waals surface area contributed by atoms with Gasteiger partial charge < -0.3 is 9.50 Å². The average Bonchev–Trinajstić information content (AvgIpc) is 2.78. The first-order valence-electron chi connectivity index (χ1n) is 9.57. The lowest BCUT2D eigenvalue weighted by Crippen LogP contribution is -2.13. The van der Waals surface area contributed by atoms with Gasteiger partial charge in [0.05, 0.1) is 4.92 Å². The molecule has 0 aliphatic carbocycles. The van der Waals surface area contributed by atoms with E-state index in [2.05, 4.69) is 5.32 Å². The van der Waals surface area contributed by atoms with Crippen molar-refractivity contribution in [1.82, 2.24) is 0 Å². The second-order valence-electron chi connectivity index (χ2n) is 6.97. The number of aryl methyl sites for hydroxylation is 1. The van der Waals surface area contributed by atoms with Crippen LogP contribution >= 0.6 is 11.6 Å². The summed E-state index contributed by atoms with van der Waals surface area (Å²) in [7, 11) is -4.08. The molecule has 3 rings (SSSR count). The minimum atomic E-state index is -4.08. The van der Waals surface area contributed by atoms with E-state index in [9.17, 15) is 28.6 Å². The van der Waals surface area contributed by atoms with E-state index < -0.39 is 26.6 Å². The van der Waals surface area contributed by atoms with Crippen LogP contribution in [0.15, 0.2) is 77.2 Å². The van der Waals surface area contributed by atoms with E-state index in [1.54, 1.807) is 24.3 Å². The van der Waals surface area contributed by atoms with Crippen LogP contribution in [0.5, 0.6) is 5.75 Å². The number of benzene rings is 3. The molecule has 3 aromatic carbocycles. The Balaban J connectivity index is 1.81. The van der Waals surface area contributed by atoms with Crippen LogP contribution in [-0.2, 0) is 14.9 Å². The second-order valence-corrected chi connectivity index (χ2v) is 8.92. The lowest BCUT2D eigenvalue weighted by molar-refractivity contribution is -0.384. The number of hydrogen-bond donors (Lipinski definition) is 1. The number of anilines is 1. The number of carbonyl (C=O) groups is 1. The Hall–Kier alpha value is -4.20. The molecule has 0 aromatic heterocycles. The standard InChI is InChI=1S/C23H16ClN3O6S/c1-15-5-8-20(9-6-15)34(31,32)33-19-4-2-3-16(12-19)11-17(14-25)23(28)26-18-7-10-21(24)22(13-18)27(29)30/h2-13H,1H3,(H,26,28)/b17-11+. The number of nitrogens with zero attached hydrogens (tertiary/aromatic N) is 2. The molecule has 172 valence electrons. The van der Waals surface area contributed by atoms with Crippen LogP contribution in [0.2, 0.25) is 5.02 Å². The van der Waals surface area contributed by atoms with Crippen LogP contribution in [0.25, 0.3) is 6.08 Å². The Morgan fingerprint density at radius 1 is 1.15 bits per heavy atom. The molecule has 0 heterocycles. The summed E-state index contributed by atoms with van der Waals surface area (Å²) in [6.45, 7) is 1.82. The molecule has 1 amide bonds. The number of nitro benzene ring substituents is 1. The van der Waals surface area contributed by atoms with E-state index >= 15 is 0 Å². The van der Waals surface area contributed by atoms with E-state index in [0.717, 1.165) is 11.6 Å². The summed E-state index contributed by atoms with van der Waals surface area (Å²) in [5.74, 6) is -0.835. The van der Waals surface area contributed by atoms with Gasteiger partial charge in [0.1, 0.15) is 27.3 Å². The number of nitriles is 1. The third kappa shape index (κ3) is 5.98. The van der Waals surface area contributed by atoms with Crippen LogP contribution < -0.4 is 9.50 Å². The second kappa shape index (κ2) is 10.2. The Morgan fingerprint density at radius 2 is 1.85 bits per heavy atom. The maximum Gasteiger partial charge on any atom is 0.339 e. The summed E-state index contributed by atoms with van der Waals surface area (Å²) in [4.78, 5) is 22.8. The first-order chi connectivity index (χ1) is 16.1. The van der Waals surface area contributed by atoms with Gasteiger partial charge in [-0.1, -0.05) is 41.4 Å². The van der Waals surface area contributed by atoms with E-state index in [1.807, 2.05) is 6.92 Å². The highest BCUT2D eigenvalue weighted by Gasteiger charge is 2.18. The number of halogens is 1. The highest BCUT2D eigenvalue weighted by atomic mass is 35.5. The minimum Gasteiger partial charge on any atom is -0.379 e. The third-order valence-electron chi connectivity index (χ3n) is 4.45. The van der Waals surface area contributed by atoms with E-state index in [0.29, 0.717) is 5.56 Å². The molecule has 34 heavy (non-hydrogen) atoms. The zero-order valence-corrected chi connectivity index (χ0v) is 19.1. The summed E-state index contributed by atoms with van der Waals surface area (Å²) in [5.41, 5.74) is 0.563. The molecule has 0 radical (unpaired) electrons. The zero-order valence-electron chi connectivity index (χ0n) is 17.6. The molecule has 9 nitrogen and oxygen atoms in total. The summed E-state index contributed by atoms with van der Waals surface area (Å²) in [5, 5.41) is 22.7. The fourth-order valence-electron chi connectivity index (χ4n) is 2.78. The third-order valence-corrected chi connectivity index (χ3v) is 6.03. The van der Waals surface area contributed by atoms with Crippen molar-refractivity contribution in [3.05, 3.63) is 98.6 Å². The minimum absolute atomic E-state index is 0.0136. The van der Waals surface area contributed by atoms with Crippen molar-refractivity contribution >= 4 is 45.1 Å². The monoisotopic (exact) mass is 497 g/mol. The SMILES string of the molecule is Cc1ccc(S(=O)(=O)Oc2cccc(/C=C(\C#N)C(=O)Nc3ccc(Cl)c([N+](=O)[O-])c3)c2)cc1. The number of rotatable bonds is 7. The highest BCUT2D eigenvalue weighted by Crippen LogP contribution is 2.28. The van der Waals surface area contributed by atoms with Crippen molar-refractivity contribution in [3.63, 3.8) is 0 Å². The Morgan fingerprint density at radius 3 is 2.50 bits per heavy atom. The van der Waals surface area contributed by atoms with E-state index in [4.69, 9.17) is 15.8 Å². The smallest absolute Gasteiger partial charge is 0.339 e. The van der Waals surface area contributed by atoms with Crippen molar-refractivity contribution in [3.8, 4) is 11.8 Å². The van der Waals surface area contributed by atoms with Gasteiger partial charge in [-0.15, -0.1) is 0 Å². The van der Waals surface area contributed by atoms with Gasteiger partial charge in [0, 0.05) is 11.8 Å². The maximum absolute atomic E-state index is 12.5. The van der Waals surface area contributed by atoms with Crippen molar-refractivity contribution in [2.24, 2.45) is 0 Å². The van der Waals surface area contributed by atoms with Gasteiger partial charge in [-0.3, -0.25) is 14.9 Å². The van der Waals surface area contributed by atoms with Crippen LogP contribution in [-0.4, -0.2) is 19.2 Å². The van der Waals surface area contributed by atoms with Crippen molar-refractivity contribution in [2.45, 2.75) is 11.8 Å². The summed E-state index contributed by atoms with van der Waals surface area (Å²) >= 11 is 5.76. The van der Waals surface area contributed by atoms with Gasteiger partial charge in [-0.05, 0) is 55.0 Å². The predicted octanol–water partition coefficient (Wildman–Crippen LogP) is 4.87. The molecule has 0 aliphatic heterocycles. The normalized spacial score (nSPS) is 11.4. The molecule has 0 aliphatic rings. The Bertz CT molecular complexity index is 1440. The molecule has 1 N–H and O–H groups in total. The topological polar surface area (TPSA) is 139 Å². The van der Waals surface area contributed by atoms with E-state index in [-0.39, 0.29) is 26.9 Å². The first-order valence-corrected chi connectivity index (χ1v) is 11.4. The Kier molecular flexibility index (Phi) is 7.31. The maximum atomic E-state index is 12.5. The van der Waals surface area contributed by atoms with Gasteiger partial charge in [-0.25, -0.2) is 0 Å². The fraction of sp³-hybridized carbons (Fsp3) is 0.0435. The average molecular weight is 498 g/mol. The van der Waals surface area contributed by atoms with Crippen molar-refractivity contribution in [2.75, 3.05) is 5.32 Å². The molecule has 0 atom stereocenters. The van der Waals surface area contributed by atoms with Crippen LogP contribution in [0.4, 0.5) is 11.4 Å². The molecule has 0 saturated carbocycles. The number of nitrogens with one attached hydrogen (secondary N) is 1. The molecule has 0 fully saturated rings. The Labute approximate surface area is 200 Å². The van der Waals surface area contributed by atoms with Gasteiger partial charge >= 0.3 is 10.1 Å². The number of carbonyl (C=O) groups excluding carboxylic acids is 1. The predicted molar refractivity (Wildman–Crippen MR) is 126 cm³/mol. The fourth-order valence-corrected chi connectivity index (χ4v) is 3.89. The number of amides is 1. The largest absolute Gasteiger partial charge is 0.379 e. The molecule has 11 heteroatoms. The summed E-state index contributed by atoms with van der Waals surface area (Å²) in [6, 6.07) is 17.4. The molecule has 0 saturated heterocycles. The molecular formula is C23H16ClN3O6S. The van der Waals surface area contributed by atoms with Gasteiger partial charge in [0.2, 0.25) is 0 Å². The lowest BCUT2D eigenvalue weighted by Gasteiger charge is -2.08. The molecule has 0 spiro atoms. The molecule has 0 unspecified atom stereocenters. The number of hydrogen-bond acceptors (Lipinski definition) is 7. The molecule has 3 aromatic rings. The van der Waals surface area contributed by atoms with Crippen LogP contribution in [0.3, 0.4) is 0 Å². The van der Waals surface area contributed by atoms with E-state index in [1.165, 1.54) is 48.5 Å².